The summed E-state index contributed by atoms with van der Waals surface area (Å²) in [4.78, 5) is 6.22. The number of aromatic nitrogens is 1. The third kappa shape index (κ3) is 3.35. The van der Waals surface area contributed by atoms with Crippen LogP contribution in [0.1, 0.15) is 17.1 Å². The number of nitriles is 1. The van der Waals surface area contributed by atoms with E-state index in [9.17, 15) is 5.26 Å². The van der Waals surface area contributed by atoms with Crippen molar-refractivity contribution in [3.8, 4) is 11.8 Å². The summed E-state index contributed by atoms with van der Waals surface area (Å²) in [6, 6.07) is 9.75. The molecule has 23 heavy (non-hydrogen) atoms. The summed E-state index contributed by atoms with van der Waals surface area (Å²) >= 11 is 0. The van der Waals surface area contributed by atoms with Crippen LogP contribution in [0.5, 0.6) is 5.75 Å². The maximum Gasteiger partial charge on any atom is 0.235 e. The van der Waals surface area contributed by atoms with Crippen LogP contribution in [0.4, 0.5) is 5.88 Å². The molecule has 0 bridgehead atoms. The first-order chi connectivity index (χ1) is 11.3. The van der Waals surface area contributed by atoms with Crippen molar-refractivity contribution in [2.24, 2.45) is 0 Å². The zero-order valence-electron chi connectivity index (χ0n) is 12.9. The van der Waals surface area contributed by atoms with Crippen LogP contribution in [-0.4, -0.2) is 38.4 Å². The van der Waals surface area contributed by atoms with Gasteiger partial charge < -0.3 is 18.8 Å². The van der Waals surface area contributed by atoms with Crippen LogP contribution < -0.4 is 9.64 Å². The highest BCUT2D eigenvalue weighted by molar-refractivity contribution is 5.70. The molecular formula is C17H17N3O3. The zero-order chi connectivity index (χ0) is 16.1. The molecule has 0 radical (unpaired) electrons. The molecular weight excluding hydrogens is 294 g/mol. The van der Waals surface area contributed by atoms with Crippen LogP contribution in [0, 0.1) is 11.3 Å². The minimum absolute atomic E-state index is 0.298. The smallest absolute Gasteiger partial charge is 0.235 e. The zero-order valence-corrected chi connectivity index (χ0v) is 12.9. The second-order valence-corrected chi connectivity index (χ2v) is 4.99. The first kappa shape index (κ1) is 15.1. The Morgan fingerprint density at radius 1 is 1.26 bits per heavy atom. The second-order valence-electron chi connectivity index (χ2n) is 4.99. The van der Waals surface area contributed by atoms with E-state index in [4.69, 9.17) is 13.9 Å². The predicted molar refractivity (Wildman–Crippen MR) is 86.2 cm³/mol. The topological polar surface area (TPSA) is 71.5 Å². The number of hydrogen-bond acceptors (Lipinski definition) is 6. The summed E-state index contributed by atoms with van der Waals surface area (Å²) in [7, 11) is 1.63. The van der Waals surface area contributed by atoms with Crippen molar-refractivity contribution in [1.29, 1.82) is 5.26 Å². The molecule has 0 N–H and O–H groups in total. The van der Waals surface area contributed by atoms with Gasteiger partial charge in [-0.25, -0.2) is 0 Å². The molecule has 6 nitrogen and oxygen atoms in total. The molecule has 118 valence electrons. The number of morpholine rings is 1. The molecule has 3 rings (SSSR count). The minimum atomic E-state index is 0.298. The number of nitrogens with zero attached hydrogens (tertiary/aromatic N) is 3. The molecule has 1 saturated heterocycles. The Morgan fingerprint density at radius 2 is 2.04 bits per heavy atom. The summed E-state index contributed by atoms with van der Waals surface area (Å²) < 4.78 is 16.4. The average Bonchev–Trinajstić information content (AvgIpc) is 3.04. The maximum atomic E-state index is 9.26. The number of para-hydroxylation sites is 1. The Kier molecular flexibility index (Phi) is 4.60. The van der Waals surface area contributed by atoms with Crippen LogP contribution in [0.15, 0.2) is 28.7 Å². The predicted octanol–water partition coefficient (Wildman–Crippen LogP) is 2.56. The van der Waals surface area contributed by atoms with Crippen molar-refractivity contribution in [1.82, 2.24) is 4.98 Å². The minimum Gasteiger partial charge on any atom is -0.496 e. The van der Waals surface area contributed by atoms with Gasteiger partial charge in [-0.1, -0.05) is 18.2 Å². The van der Waals surface area contributed by atoms with Crippen molar-refractivity contribution in [3.05, 3.63) is 41.4 Å². The lowest BCUT2D eigenvalue weighted by atomic mass is 10.2. The van der Waals surface area contributed by atoms with E-state index in [-0.39, 0.29) is 0 Å². The second kappa shape index (κ2) is 6.99. The van der Waals surface area contributed by atoms with E-state index in [2.05, 4.69) is 11.1 Å². The number of ether oxygens (including phenoxy) is 2. The van der Waals surface area contributed by atoms with Crippen molar-refractivity contribution in [2.75, 3.05) is 38.3 Å². The number of benzene rings is 1. The number of oxazole rings is 1. The molecule has 2 aromatic rings. The summed E-state index contributed by atoms with van der Waals surface area (Å²) in [6.07, 6.45) is 3.59. The summed E-state index contributed by atoms with van der Waals surface area (Å²) in [5, 5.41) is 9.26. The molecule has 0 aliphatic carbocycles. The lowest BCUT2D eigenvalue weighted by molar-refractivity contribution is 0.120. The number of hydrogen-bond donors (Lipinski definition) is 0. The first-order valence-electron chi connectivity index (χ1n) is 7.36. The maximum absolute atomic E-state index is 9.26. The Balaban J connectivity index is 1.85. The molecule has 1 fully saturated rings. The van der Waals surface area contributed by atoms with Gasteiger partial charge in [-0.15, -0.1) is 0 Å². The highest BCUT2D eigenvalue weighted by atomic mass is 16.5. The molecule has 6 heteroatoms. The van der Waals surface area contributed by atoms with Gasteiger partial charge in [-0.2, -0.15) is 10.2 Å². The normalized spacial score (nSPS) is 14.9. The van der Waals surface area contributed by atoms with Gasteiger partial charge in [0, 0.05) is 24.7 Å². The monoisotopic (exact) mass is 311 g/mol. The molecule has 0 amide bonds. The number of rotatable bonds is 4. The Bertz CT molecular complexity index is 740. The molecule has 0 atom stereocenters. The van der Waals surface area contributed by atoms with E-state index in [0.717, 1.165) is 11.3 Å². The SMILES string of the molecule is COc1ccccc1/C=C/c1nc(C#N)c(N2CCOCC2)o1. The van der Waals surface area contributed by atoms with Crippen molar-refractivity contribution >= 4 is 18.0 Å². The fourth-order valence-electron chi connectivity index (χ4n) is 2.42. The Hall–Kier alpha value is -2.78. The highest BCUT2D eigenvalue weighted by Crippen LogP contribution is 2.25. The summed E-state index contributed by atoms with van der Waals surface area (Å²) in [5.74, 6) is 1.67. The third-order valence-electron chi connectivity index (χ3n) is 3.57. The van der Waals surface area contributed by atoms with Crippen molar-refractivity contribution < 1.29 is 13.9 Å². The summed E-state index contributed by atoms with van der Waals surface area (Å²) in [6.45, 7) is 2.63. The van der Waals surface area contributed by atoms with E-state index >= 15 is 0 Å². The molecule has 0 saturated carbocycles. The molecule has 0 unspecified atom stereocenters. The largest absolute Gasteiger partial charge is 0.496 e. The van der Waals surface area contributed by atoms with E-state index in [1.54, 1.807) is 13.2 Å². The summed E-state index contributed by atoms with van der Waals surface area (Å²) in [5.41, 5.74) is 1.21. The fraction of sp³-hybridized carbons (Fsp3) is 0.294. The number of methoxy groups -OCH3 is 1. The van der Waals surface area contributed by atoms with Crippen LogP contribution in [0.25, 0.3) is 12.2 Å². The first-order valence-corrected chi connectivity index (χ1v) is 7.36. The van der Waals surface area contributed by atoms with Gasteiger partial charge in [0.05, 0.1) is 20.3 Å². The Morgan fingerprint density at radius 3 is 2.78 bits per heavy atom. The molecule has 0 spiro atoms. The third-order valence-corrected chi connectivity index (χ3v) is 3.57. The van der Waals surface area contributed by atoms with Gasteiger partial charge in [0.15, 0.2) is 0 Å². The van der Waals surface area contributed by atoms with Gasteiger partial charge in [-0.05, 0) is 12.1 Å². The molecule has 2 heterocycles. The fourth-order valence-corrected chi connectivity index (χ4v) is 2.42. The standard InChI is InChI=1S/C17H17N3O3/c1-21-15-5-3-2-4-13(15)6-7-16-19-14(12-18)17(23-16)20-8-10-22-11-9-20/h2-7H,8-11H2,1H3/b7-6+. The quantitative estimate of drug-likeness (QED) is 0.864. The average molecular weight is 311 g/mol. The molecule has 1 aliphatic rings. The van der Waals surface area contributed by atoms with Gasteiger partial charge in [-0.3, -0.25) is 0 Å². The number of anilines is 1. The molecule has 1 aromatic heterocycles. The van der Waals surface area contributed by atoms with E-state index in [1.165, 1.54) is 0 Å². The van der Waals surface area contributed by atoms with Crippen LogP contribution >= 0.6 is 0 Å². The van der Waals surface area contributed by atoms with Gasteiger partial charge >= 0.3 is 0 Å². The van der Waals surface area contributed by atoms with Gasteiger partial charge in [0.25, 0.3) is 0 Å². The van der Waals surface area contributed by atoms with E-state index in [1.807, 2.05) is 35.2 Å². The molecule has 1 aromatic carbocycles. The van der Waals surface area contributed by atoms with Gasteiger partial charge in [0.1, 0.15) is 11.8 Å². The van der Waals surface area contributed by atoms with E-state index < -0.39 is 0 Å². The van der Waals surface area contributed by atoms with Crippen molar-refractivity contribution in [2.45, 2.75) is 0 Å². The van der Waals surface area contributed by atoms with Crippen LogP contribution in [-0.2, 0) is 4.74 Å². The van der Waals surface area contributed by atoms with Crippen LogP contribution in [0.2, 0.25) is 0 Å². The molecule has 1 aliphatic heterocycles. The lowest BCUT2D eigenvalue weighted by Crippen LogP contribution is -2.36. The van der Waals surface area contributed by atoms with Crippen molar-refractivity contribution in [3.63, 3.8) is 0 Å². The lowest BCUT2D eigenvalue weighted by Gasteiger charge is -2.25. The Labute approximate surface area is 134 Å². The van der Waals surface area contributed by atoms with Gasteiger partial charge in [0.2, 0.25) is 17.5 Å². The van der Waals surface area contributed by atoms with E-state index in [0.29, 0.717) is 43.8 Å². The van der Waals surface area contributed by atoms with Crippen LogP contribution in [0.3, 0.4) is 0 Å². The highest BCUT2D eigenvalue weighted by Gasteiger charge is 2.20.